The second-order valence-corrected chi connectivity index (χ2v) is 6.89. The van der Waals surface area contributed by atoms with Gasteiger partial charge in [0, 0.05) is 0 Å². The third-order valence-corrected chi connectivity index (χ3v) is 4.95. The van der Waals surface area contributed by atoms with Crippen molar-refractivity contribution in [3.05, 3.63) is 41.3 Å². The van der Waals surface area contributed by atoms with Gasteiger partial charge in [0.2, 0.25) is 10.9 Å². The number of anilines is 1. The topological polar surface area (TPSA) is 148 Å². The minimum absolute atomic E-state index is 0.153. The fraction of sp³-hybridized carbons (Fsp3) is 0.294. The molecule has 0 atom stereocenters. The zero-order valence-electron chi connectivity index (χ0n) is 15.7. The molecule has 0 saturated heterocycles. The summed E-state index contributed by atoms with van der Waals surface area (Å²) < 4.78 is 17.6. The number of hydrogen-bond donors (Lipinski definition) is 1. The van der Waals surface area contributed by atoms with E-state index in [9.17, 15) is 4.79 Å². The summed E-state index contributed by atoms with van der Waals surface area (Å²) in [6.45, 7) is 4.03. The molecular formula is C17H17N7O4S. The lowest BCUT2D eigenvalue weighted by molar-refractivity contribution is 0.0526. The van der Waals surface area contributed by atoms with Crippen molar-refractivity contribution in [1.29, 1.82) is 0 Å². The predicted molar refractivity (Wildman–Crippen MR) is 102 cm³/mol. The fourth-order valence-corrected chi connectivity index (χ4v) is 3.51. The first kappa shape index (κ1) is 18.9. The number of carbonyl (C=O) groups excluding carboxylic acids is 1. The number of thioether (sulfide) groups is 1. The van der Waals surface area contributed by atoms with E-state index in [0.29, 0.717) is 34.4 Å². The summed E-state index contributed by atoms with van der Waals surface area (Å²) in [6.07, 6.45) is 1.59. The SMILES string of the molecule is CCOC(=O)c1c(C)oc2nc(CSc3nnnn3Cc3ccco3)nc(N)c12. The number of fused-ring (bicyclic) bond motifs is 1. The minimum atomic E-state index is -0.515. The molecule has 0 spiro atoms. The maximum Gasteiger partial charge on any atom is 0.342 e. The van der Waals surface area contributed by atoms with Crippen molar-refractivity contribution in [3.63, 3.8) is 0 Å². The van der Waals surface area contributed by atoms with Gasteiger partial charge in [0.25, 0.3) is 0 Å². The van der Waals surface area contributed by atoms with Gasteiger partial charge in [-0.25, -0.2) is 14.5 Å². The van der Waals surface area contributed by atoms with Crippen molar-refractivity contribution < 1.29 is 18.4 Å². The number of rotatable bonds is 7. The number of hydrogen-bond acceptors (Lipinski definition) is 11. The first-order valence-electron chi connectivity index (χ1n) is 8.70. The van der Waals surface area contributed by atoms with E-state index in [-0.39, 0.29) is 23.7 Å². The maximum atomic E-state index is 12.2. The van der Waals surface area contributed by atoms with Crippen LogP contribution in [0.2, 0.25) is 0 Å². The van der Waals surface area contributed by atoms with Gasteiger partial charge in [0.1, 0.15) is 35.3 Å². The Morgan fingerprint density at radius 3 is 3.00 bits per heavy atom. The highest BCUT2D eigenvalue weighted by molar-refractivity contribution is 7.98. The van der Waals surface area contributed by atoms with Gasteiger partial charge in [0.15, 0.2) is 0 Å². The zero-order valence-corrected chi connectivity index (χ0v) is 16.5. The van der Waals surface area contributed by atoms with Gasteiger partial charge >= 0.3 is 5.97 Å². The molecule has 29 heavy (non-hydrogen) atoms. The van der Waals surface area contributed by atoms with Crippen LogP contribution in [0.15, 0.2) is 32.4 Å². The van der Waals surface area contributed by atoms with E-state index in [1.165, 1.54) is 11.8 Å². The molecule has 4 aromatic heterocycles. The van der Waals surface area contributed by atoms with Gasteiger partial charge in [-0.05, 0) is 36.4 Å². The smallest absolute Gasteiger partial charge is 0.342 e. The molecule has 4 rings (SSSR count). The number of esters is 1. The number of aryl methyl sites for hydroxylation is 1. The van der Waals surface area contributed by atoms with E-state index in [4.69, 9.17) is 19.3 Å². The molecule has 4 aromatic rings. The molecule has 0 bridgehead atoms. The molecule has 2 N–H and O–H groups in total. The monoisotopic (exact) mass is 415 g/mol. The van der Waals surface area contributed by atoms with E-state index in [2.05, 4.69) is 25.5 Å². The van der Waals surface area contributed by atoms with Gasteiger partial charge in [-0.15, -0.1) is 5.10 Å². The molecule has 12 heteroatoms. The number of nitrogens with two attached hydrogens (primary N) is 1. The molecule has 0 saturated carbocycles. The molecule has 0 amide bonds. The Hall–Kier alpha value is -3.41. The third-order valence-electron chi connectivity index (χ3n) is 4.00. The van der Waals surface area contributed by atoms with Crippen molar-refractivity contribution in [1.82, 2.24) is 30.2 Å². The van der Waals surface area contributed by atoms with Crippen LogP contribution in [0.3, 0.4) is 0 Å². The van der Waals surface area contributed by atoms with Crippen molar-refractivity contribution in [2.24, 2.45) is 0 Å². The maximum absolute atomic E-state index is 12.2. The number of ether oxygens (including phenoxy) is 1. The van der Waals surface area contributed by atoms with Crippen LogP contribution in [0, 0.1) is 6.92 Å². The van der Waals surface area contributed by atoms with Crippen LogP contribution in [-0.4, -0.2) is 42.8 Å². The van der Waals surface area contributed by atoms with Gasteiger partial charge in [-0.2, -0.15) is 4.98 Å². The number of carbonyl (C=O) groups is 1. The predicted octanol–water partition coefficient (Wildman–Crippen LogP) is 2.21. The van der Waals surface area contributed by atoms with Crippen molar-refractivity contribution in [2.45, 2.75) is 31.3 Å². The highest BCUT2D eigenvalue weighted by Crippen LogP contribution is 2.30. The first-order valence-corrected chi connectivity index (χ1v) is 9.69. The van der Waals surface area contributed by atoms with E-state index in [1.54, 1.807) is 30.9 Å². The molecule has 0 fully saturated rings. The third kappa shape index (κ3) is 3.78. The van der Waals surface area contributed by atoms with Crippen LogP contribution in [0.4, 0.5) is 5.82 Å². The lowest BCUT2D eigenvalue weighted by atomic mass is 10.2. The summed E-state index contributed by atoms with van der Waals surface area (Å²) in [6, 6.07) is 3.64. The molecule has 0 radical (unpaired) electrons. The Morgan fingerprint density at radius 2 is 2.24 bits per heavy atom. The molecule has 0 aromatic carbocycles. The summed E-state index contributed by atoms with van der Waals surface area (Å²) in [5, 5.41) is 12.6. The lowest BCUT2D eigenvalue weighted by Gasteiger charge is -2.04. The Morgan fingerprint density at radius 1 is 1.38 bits per heavy atom. The number of aromatic nitrogens is 6. The summed E-state index contributed by atoms with van der Waals surface area (Å²) in [4.78, 5) is 20.9. The molecule has 0 unspecified atom stereocenters. The summed E-state index contributed by atoms with van der Waals surface area (Å²) in [5.74, 6) is 1.54. The first-order chi connectivity index (χ1) is 14.1. The van der Waals surface area contributed by atoms with Crippen molar-refractivity contribution in [2.75, 3.05) is 12.3 Å². The van der Waals surface area contributed by atoms with Gasteiger partial charge in [0.05, 0.1) is 24.0 Å². The van der Waals surface area contributed by atoms with Crippen LogP contribution >= 0.6 is 11.8 Å². The van der Waals surface area contributed by atoms with Crippen LogP contribution in [0.5, 0.6) is 0 Å². The Bertz CT molecular complexity index is 1150. The normalized spacial score (nSPS) is 11.2. The van der Waals surface area contributed by atoms with Crippen molar-refractivity contribution in [3.8, 4) is 0 Å². The zero-order chi connectivity index (χ0) is 20.4. The quantitative estimate of drug-likeness (QED) is 0.350. The molecular weight excluding hydrogens is 398 g/mol. The molecule has 150 valence electrons. The number of nitrogen functional groups attached to an aromatic ring is 1. The van der Waals surface area contributed by atoms with Crippen LogP contribution in [0.25, 0.3) is 11.1 Å². The fourth-order valence-electron chi connectivity index (χ4n) is 2.78. The Balaban J connectivity index is 1.56. The van der Waals surface area contributed by atoms with E-state index >= 15 is 0 Å². The summed E-state index contributed by atoms with van der Waals surface area (Å²) in [5.41, 5.74) is 6.58. The van der Waals surface area contributed by atoms with E-state index in [0.717, 1.165) is 5.76 Å². The molecule has 11 nitrogen and oxygen atoms in total. The summed E-state index contributed by atoms with van der Waals surface area (Å²) >= 11 is 1.34. The van der Waals surface area contributed by atoms with Crippen LogP contribution < -0.4 is 5.73 Å². The van der Waals surface area contributed by atoms with Crippen LogP contribution in [-0.2, 0) is 17.0 Å². The minimum Gasteiger partial charge on any atom is -0.467 e. The second kappa shape index (κ2) is 7.91. The average molecular weight is 415 g/mol. The standard InChI is InChI=1S/C17H17N7O4S/c1-3-26-16(25)12-9(2)28-15-13(12)14(18)19-11(20-15)8-29-17-21-22-23-24(17)7-10-5-4-6-27-10/h4-6H,3,7-8H2,1-2H3,(H2,18,19,20). The van der Waals surface area contributed by atoms with Crippen molar-refractivity contribution >= 4 is 34.6 Å². The molecule has 0 aliphatic carbocycles. The van der Waals surface area contributed by atoms with Crippen LogP contribution in [0.1, 0.15) is 34.6 Å². The van der Waals surface area contributed by atoms with Gasteiger partial charge in [-0.1, -0.05) is 11.8 Å². The second-order valence-electron chi connectivity index (χ2n) is 5.95. The lowest BCUT2D eigenvalue weighted by Crippen LogP contribution is -2.07. The average Bonchev–Trinajstić information content (AvgIpc) is 3.41. The Labute approximate surface area is 168 Å². The number of furan rings is 2. The van der Waals surface area contributed by atoms with E-state index in [1.807, 2.05) is 6.07 Å². The number of nitrogens with zero attached hydrogens (tertiary/aromatic N) is 6. The molecule has 0 aliphatic heterocycles. The van der Waals surface area contributed by atoms with E-state index < -0.39 is 5.97 Å². The van der Waals surface area contributed by atoms with Gasteiger partial charge in [-0.3, -0.25) is 0 Å². The Kier molecular flexibility index (Phi) is 5.16. The molecule has 0 aliphatic rings. The number of tetrazole rings is 1. The largest absolute Gasteiger partial charge is 0.467 e. The highest BCUT2D eigenvalue weighted by atomic mass is 32.2. The summed E-state index contributed by atoms with van der Waals surface area (Å²) in [7, 11) is 0. The van der Waals surface area contributed by atoms with Gasteiger partial charge < -0.3 is 19.3 Å². The highest BCUT2D eigenvalue weighted by Gasteiger charge is 2.24. The molecule has 4 heterocycles.